The minimum atomic E-state index is -0.230. The molecular formula is C17H16N2O2S. The van der Waals surface area contributed by atoms with Gasteiger partial charge in [0, 0.05) is 6.54 Å². The van der Waals surface area contributed by atoms with Crippen LogP contribution in [0.2, 0.25) is 0 Å². The van der Waals surface area contributed by atoms with E-state index in [4.69, 9.17) is 4.74 Å². The van der Waals surface area contributed by atoms with Crippen LogP contribution in [-0.4, -0.2) is 18.1 Å². The smallest absolute Gasteiger partial charge is 0.309 e. The summed E-state index contributed by atoms with van der Waals surface area (Å²) in [6.07, 6.45) is 0.289. The first-order valence-corrected chi connectivity index (χ1v) is 7.80. The van der Waals surface area contributed by atoms with Gasteiger partial charge in [0.1, 0.15) is 0 Å². The molecule has 112 valence electrons. The number of nitrogens with zero attached hydrogens (tertiary/aromatic N) is 1. The van der Waals surface area contributed by atoms with Crippen molar-refractivity contribution in [3.63, 3.8) is 0 Å². The molecule has 0 fully saturated rings. The molecule has 0 radical (unpaired) electrons. The van der Waals surface area contributed by atoms with Gasteiger partial charge in [0.15, 0.2) is 5.13 Å². The number of hydrogen-bond acceptors (Lipinski definition) is 5. The lowest BCUT2D eigenvalue weighted by Gasteiger charge is -2.01. The van der Waals surface area contributed by atoms with Gasteiger partial charge in [0.05, 0.1) is 23.7 Å². The highest BCUT2D eigenvalue weighted by molar-refractivity contribution is 7.22. The highest BCUT2D eigenvalue weighted by atomic mass is 32.1. The number of aromatic nitrogens is 1. The van der Waals surface area contributed by atoms with Crippen LogP contribution in [0.15, 0.2) is 48.5 Å². The molecule has 0 aliphatic rings. The quantitative estimate of drug-likeness (QED) is 0.731. The van der Waals surface area contributed by atoms with Gasteiger partial charge in [-0.2, -0.15) is 0 Å². The van der Waals surface area contributed by atoms with Gasteiger partial charge in [-0.25, -0.2) is 4.98 Å². The van der Waals surface area contributed by atoms with E-state index in [1.54, 1.807) is 11.3 Å². The number of fused-ring (bicyclic) bond motifs is 1. The summed E-state index contributed by atoms with van der Waals surface area (Å²) < 4.78 is 5.76. The zero-order valence-electron chi connectivity index (χ0n) is 12.2. The molecule has 3 aromatic rings. The Morgan fingerprint density at radius 3 is 2.77 bits per heavy atom. The molecule has 0 aliphatic heterocycles. The van der Waals surface area contributed by atoms with Crippen molar-refractivity contribution < 1.29 is 9.53 Å². The minimum Gasteiger partial charge on any atom is -0.469 e. The molecule has 0 unspecified atom stereocenters. The first-order chi connectivity index (χ1) is 10.7. The van der Waals surface area contributed by atoms with Crippen molar-refractivity contribution in [1.82, 2.24) is 4.98 Å². The number of rotatable bonds is 5. The molecule has 1 N–H and O–H groups in total. The molecule has 0 aliphatic carbocycles. The van der Waals surface area contributed by atoms with Crippen molar-refractivity contribution >= 4 is 32.7 Å². The van der Waals surface area contributed by atoms with E-state index in [0.717, 1.165) is 27.5 Å². The van der Waals surface area contributed by atoms with Crippen LogP contribution in [0.25, 0.3) is 10.2 Å². The number of thiazole rings is 1. The van der Waals surface area contributed by atoms with E-state index in [0.29, 0.717) is 0 Å². The predicted octanol–water partition coefficient (Wildman–Crippen LogP) is 3.62. The van der Waals surface area contributed by atoms with Crippen LogP contribution >= 0.6 is 11.3 Å². The molecule has 2 aromatic carbocycles. The number of benzene rings is 2. The number of carbonyl (C=O) groups excluding carboxylic acids is 1. The third-order valence-corrected chi connectivity index (χ3v) is 4.29. The first kappa shape index (κ1) is 14.5. The van der Waals surface area contributed by atoms with Gasteiger partial charge < -0.3 is 10.1 Å². The van der Waals surface area contributed by atoms with Crippen LogP contribution in [0.1, 0.15) is 11.1 Å². The Morgan fingerprint density at radius 1 is 1.18 bits per heavy atom. The summed E-state index contributed by atoms with van der Waals surface area (Å²) in [5, 5.41) is 4.22. The second-order valence-corrected chi connectivity index (χ2v) is 5.94. The Bertz CT molecular complexity index is 784. The lowest BCUT2D eigenvalue weighted by atomic mass is 10.1. The Morgan fingerprint density at radius 2 is 2.00 bits per heavy atom. The monoisotopic (exact) mass is 312 g/mol. The first-order valence-electron chi connectivity index (χ1n) is 6.98. The summed E-state index contributed by atoms with van der Waals surface area (Å²) in [5.41, 5.74) is 3.10. The van der Waals surface area contributed by atoms with Gasteiger partial charge in [-0.1, -0.05) is 47.7 Å². The largest absolute Gasteiger partial charge is 0.469 e. The lowest BCUT2D eigenvalue weighted by molar-refractivity contribution is -0.139. The number of anilines is 1. The van der Waals surface area contributed by atoms with E-state index < -0.39 is 0 Å². The van der Waals surface area contributed by atoms with E-state index >= 15 is 0 Å². The molecule has 5 heteroatoms. The van der Waals surface area contributed by atoms with E-state index in [1.165, 1.54) is 12.7 Å². The number of methoxy groups -OCH3 is 1. The van der Waals surface area contributed by atoms with E-state index in [1.807, 2.05) is 36.4 Å². The highest BCUT2D eigenvalue weighted by Crippen LogP contribution is 2.27. The third-order valence-electron chi connectivity index (χ3n) is 3.32. The molecule has 0 saturated carbocycles. The van der Waals surface area contributed by atoms with Crippen LogP contribution in [0.5, 0.6) is 0 Å². The molecule has 0 bridgehead atoms. The van der Waals surface area contributed by atoms with Crippen molar-refractivity contribution in [2.45, 2.75) is 13.0 Å². The van der Waals surface area contributed by atoms with Gasteiger partial charge in [-0.15, -0.1) is 0 Å². The molecule has 1 heterocycles. The lowest BCUT2D eigenvalue weighted by Crippen LogP contribution is -2.03. The Balaban J connectivity index is 1.73. The fourth-order valence-corrected chi connectivity index (χ4v) is 3.09. The Labute approximate surface area is 132 Å². The number of esters is 1. The maximum absolute atomic E-state index is 11.3. The van der Waals surface area contributed by atoms with E-state index in [2.05, 4.69) is 22.4 Å². The number of nitrogens with one attached hydrogen (secondary N) is 1. The Hall–Kier alpha value is -2.40. The van der Waals surface area contributed by atoms with E-state index in [-0.39, 0.29) is 12.4 Å². The third kappa shape index (κ3) is 3.43. The second kappa shape index (κ2) is 6.58. The molecule has 0 atom stereocenters. The zero-order valence-corrected chi connectivity index (χ0v) is 13.0. The molecule has 4 nitrogen and oxygen atoms in total. The van der Waals surface area contributed by atoms with Crippen molar-refractivity contribution in [3.05, 3.63) is 59.7 Å². The Kier molecular flexibility index (Phi) is 4.34. The fourth-order valence-electron chi connectivity index (χ4n) is 2.17. The van der Waals surface area contributed by atoms with Crippen LogP contribution in [0, 0.1) is 0 Å². The topological polar surface area (TPSA) is 51.2 Å². The minimum absolute atomic E-state index is 0.230. The molecule has 1 aromatic heterocycles. The summed E-state index contributed by atoms with van der Waals surface area (Å²) in [6, 6.07) is 16.1. The van der Waals surface area contributed by atoms with Crippen LogP contribution in [-0.2, 0) is 22.5 Å². The molecule has 0 amide bonds. The summed E-state index contributed by atoms with van der Waals surface area (Å²) in [7, 11) is 1.40. The predicted molar refractivity (Wildman–Crippen MR) is 89.1 cm³/mol. The summed E-state index contributed by atoms with van der Waals surface area (Å²) in [5.74, 6) is -0.230. The molecular weight excluding hydrogens is 296 g/mol. The molecule has 22 heavy (non-hydrogen) atoms. The van der Waals surface area contributed by atoms with Crippen molar-refractivity contribution in [2.75, 3.05) is 12.4 Å². The highest BCUT2D eigenvalue weighted by Gasteiger charge is 2.07. The number of ether oxygens (including phenoxy) is 1. The molecule has 0 spiro atoms. The second-order valence-electron chi connectivity index (χ2n) is 4.91. The average molecular weight is 312 g/mol. The summed E-state index contributed by atoms with van der Waals surface area (Å²) in [4.78, 5) is 15.9. The SMILES string of the molecule is COC(=O)Cc1ccc2nc(NCc3ccccc3)sc2c1. The summed E-state index contributed by atoms with van der Waals surface area (Å²) >= 11 is 1.59. The van der Waals surface area contributed by atoms with Crippen LogP contribution < -0.4 is 5.32 Å². The van der Waals surface area contributed by atoms with Crippen molar-refractivity contribution in [3.8, 4) is 0 Å². The van der Waals surface area contributed by atoms with Gasteiger partial charge in [0.25, 0.3) is 0 Å². The number of carbonyl (C=O) groups is 1. The number of hydrogen-bond donors (Lipinski definition) is 1. The maximum atomic E-state index is 11.3. The van der Waals surface area contributed by atoms with Crippen LogP contribution in [0.4, 0.5) is 5.13 Å². The van der Waals surface area contributed by atoms with E-state index in [9.17, 15) is 4.79 Å². The van der Waals surface area contributed by atoms with Crippen molar-refractivity contribution in [2.24, 2.45) is 0 Å². The average Bonchev–Trinajstić information content (AvgIpc) is 2.96. The van der Waals surface area contributed by atoms with Gasteiger partial charge in [-0.3, -0.25) is 4.79 Å². The fraction of sp³-hybridized carbons (Fsp3) is 0.176. The normalized spacial score (nSPS) is 10.6. The van der Waals surface area contributed by atoms with Gasteiger partial charge in [-0.05, 0) is 23.3 Å². The van der Waals surface area contributed by atoms with Crippen LogP contribution in [0.3, 0.4) is 0 Å². The standard InChI is InChI=1S/C17H16N2O2S/c1-21-16(20)10-13-7-8-14-15(9-13)22-17(19-14)18-11-12-5-3-2-4-6-12/h2-9H,10-11H2,1H3,(H,18,19). The van der Waals surface area contributed by atoms with Gasteiger partial charge >= 0.3 is 5.97 Å². The van der Waals surface area contributed by atoms with Gasteiger partial charge in [0.2, 0.25) is 0 Å². The molecule has 3 rings (SSSR count). The van der Waals surface area contributed by atoms with Crippen molar-refractivity contribution in [1.29, 1.82) is 0 Å². The zero-order chi connectivity index (χ0) is 15.4. The summed E-state index contributed by atoms with van der Waals surface area (Å²) in [6.45, 7) is 0.746. The molecule has 0 saturated heterocycles. The maximum Gasteiger partial charge on any atom is 0.309 e.